The topological polar surface area (TPSA) is 78.4 Å². The lowest BCUT2D eigenvalue weighted by molar-refractivity contribution is -0.386. The average Bonchev–Trinajstić information content (AvgIpc) is 2.37. The van der Waals surface area contributed by atoms with Gasteiger partial charge in [-0.25, -0.2) is 0 Å². The molecular formula is C13H15F3N2O3. The number of ether oxygens (including phenoxy) is 1. The zero-order valence-corrected chi connectivity index (χ0v) is 11.5. The van der Waals surface area contributed by atoms with Crippen molar-refractivity contribution in [3.05, 3.63) is 33.9 Å². The van der Waals surface area contributed by atoms with Gasteiger partial charge in [0.25, 0.3) is 0 Å². The monoisotopic (exact) mass is 304 g/mol. The molecule has 2 atom stereocenters. The summed E-state index contributed by atoms with van der Waals surface area (Å²) in [5.74, 6) is -0.169. The first-order valence-corrected chi connectivity index (χ1v) is 6.31. The standard InChI is InChI=1S/C13H15F3N2O3/c1-12(2)10(17)6-11(12)21-9-4-3-7(13(14,15)16)5-8(9)18(19)20/h3-5,10-11H,6,17H2,1-2H3. The Morgan fingerprint density at radius 1 is 1.43 bits per heavy atom. The van der Waals surface area contributed by atoms with Crippen molar-refractivity contribution in [2.45, 2.75) is 38.6 Å². The van der Waals surface area contributed by atoms with Crippen LogP contribution in [-0.2, 0) is 6.18 Å². The molecule has 5 nitrogen and oxygen atoms in total. The molecule has 0 heterocycles. The van der Waals surface area contributed by atoms with Gasteiger partial charge in [0, 0.05) is 23.9 Å². The summed E-state index contributed by atoms with van der Waals surface area (Å²) in [6.45, 7) is 3.70. The number of hydrogen-bond donors (Lipinski definition) is 1. The molecule has 0 bridgehead atoms. The molecule has 1 aromatic carbocycles. The molecule has 0 saturated heterocycles. The lowest BCUT2D eigenvalue weighted by Gasteiger charge is -2.49. The van der Waals surface area contributed by atoms with E-state index in [1.165, 1.54) is 0 Å². The number of nitro benzene ring substituents is 1. The van der Waals surface area contributed by atoms with Crippen LogP contribution < -0.4 is 10.5 Å². The minimum absolute atomic E-state index is 0.101. The van der Waals surface area contributed by atoms with E-state index in [9.17, 15) is 23.3 Å². The van der Waals surface area contributed by atoms with Crippen molar-refractivity contribution in [3.63, 3.8) is 0 Å². The van der Waals surface area contributed by atoms with Crippen LogP contribution in [0.2, 0.25) is 0 Å². The first-order chi connectivity index (χ1) is 9.53. The third-order valence-corrected chi connectivity index (χ3v) is 4.01. The number of nitrogens with two attached hydrogens (primary N) is 1. The summed E-state index contributed by atoms with van der Waals surface area (Å²) in [4.78, 5) is 10.1. The smallest absolute Gasteiger partial charge is 0.416 e. The first-order valence-electron chi connectivity index (χ1n) is 6.31. The van der Waals surface area contributed by atoms with Crippen molar-refractivity contribution in [2.75, 3.05) is 0 Å². The Hall–Kier alpha value is -1.83. The third kappa shape index (κ3) is 2.80. The van der Waals surface area contributed by atoms with Crippen LogP contribution in [0.15, 0.2) is 18.2 Å². The lowest BCUT2D eigenvalue weighted by Crippen LogP contribution is -2.60. The van der Waals surface area contributed by atoms with Gasteiger partial charge in [0.1, 0.15) is 6.10 Å². The highest BCUT2D eigenvalue weighted by atomic mass is 19.4. The number of benzene rings is 1. The van der Waals surface area contributed by atoms with E-state index in [1.807, 2.05) is 13.8 Å². The second kappa shape index (κ2) is 4.87. The molecule has 0 amide bonds. The fourth-order valence-corrected chi connectivity index (χ4v) is 2.21. The molecule has 21 heavy (non-hydrogen) atoms. The van der Waals surface area contributed by atoms with Crippen molar-refractivity contribution >= 4 is 5.69 Å². The van der Waals surface area contributed by atoms with Crippen LogP contribution in [0.4, 0.5) is 18.9 Å². The van der Waals surface area contributed by atoms with Crippen molar-refractivity contribution < 1.29 is 22.8 Å². The van der Waals surface area contributed by atoms with Gasteiger partial charge in [-0.05, 0) is 12.1 Å². The maximum atomic E-state index is 12.6. The molecule has 2 N–H and O–H groups in total. The Morgan fingerprint density at radius 2 is 2.05 bits per heavy atom. The van der Waals surface area contributed by atoms with Crippen LogP contribution in [0.1, 0.15) is 25.8 Å². The normalized spacial score (nSPS) is 24.3. The quantitative estimate of drug-likeness (QED) is 0.687. The molecule has 0 aromatic heterocycles. The average molecular weight is 304 g/mol. The van der Waals surface area contributed by atoms with Crippen LogP contribution in [-0.4, -0.2) is 17.1 Å². The number of nitrogens with zero attached hydrogens (tertiary/aromatic N) is 1. The number of hydrogen-bond acceptors (Lipinski definition) is 4. The van der Waals surface area contributed by atoms with E-state index in [0.717, 1.165) is 12.1 Å². The van der Waals surface area contributed by atoms with E-state index in [4.69, 9.17) is 10.5 Å². The molecule has 116 valence electrons. The lowest BCUT2D eigenvalue weighted by atomic mass is 9.65. The molecule has 2 rings (SSSR count). The van der Waals surface area contributed by atoms with Gasteiger partial charge in [0.2, 0.25) is 0 Å². The van der Waals surface area contributed by atoms with E-state index < -0.39 is 22.4 Å². The van der Waals surface area contributed by atoms with Gasteiger partial charge in [-0.3, -0.25) is 10.1 Å². The van der Waals surface area contributed by atoms with Gasteiger partial charge in [-0.15, -0.1) is 0 Å². The fraction of sp³-hybridized carbons (Fsp3) is 0.538. The predicted octanol–water partition coefficient (Wildman–Crippen LogP) is 3.12. The largest absolute Gasteiger partial charge is 0.483 e. The molecule has 0 spiro atoms. The summed E-state index contributed by atoms with van der Waals surface area (Å²) in [5, 5.41) is 10.9. The molecule has 1 fully saturated rings. The fourth-order valence-electron chi connectivity index (χ4n) is 2.21. The van der Waals surface area contributed by atoms with E-state index in [2.05, 4.69) is 0 Å². The van der Waals surface area contributed by atoms with Gasteiger partial charge in [0.15, 0.2) is 5.75 Å². The Kier molecular flexibility index (Phi) is 3.61. The van der Waals surface area contributed by atoms with Crippen LogP contribution in [0.5, 0.6) is 5.75 Å². The highest BCUT2D eigenvalue weighted by Crippen LogP contribution is 2.44. The summed E-state index contributed by atoms with van der Waals surface area (Å²) >= 11 is 0. The van der Waals surface area contributed by atoms with Gasteiger partial charge >= 0.3 is 11.9 Å². The van der Waals surface area contributed by atoms with Gasteiger partial charge in [0.05, 0.1) is 10.5 Å². The predicted molar refractivity (Wildman–Crippen MR) is 68.9 cm³/mol. The summed E-state index contributed by atoms with van der Waals surface area (Å²) < 4.78 is 43.3. The van der Waals surface area contributed by atoms with Gasteiger partial charge < -0.3 is 10.5 Å². The SMILES string of the molecule is CC1(C)C(N)CC1Oc1ccc(C(F)(F)F)cc1[N+](=O)[O-]. The molecule has 8 heteroatoms. The van der Waals surface area contributed by atoms with E-state index in [1.54, 1.807) is 0 Å². The minimum Gasteiger partial charge on any atom is -0.483 e. The van der Waals surface area contributed by atoms with Crippen molar-refractivity contribution in [1.82, 2.24) is 0 Å². The molecule has 1 saturated carbocycles. The molecule has 2 unspecified atom stereocenters. The highest BCUT2D eigenvalue weighted by Gasteiger charge is 2.48. The second-order valence-electron chi connectivity index (χ2n) is 5.71. The maximum absolute atomic E-state index is 12.6. The summed E-state index contributed by atoms with van der Waals surface area (Å²) in [5.41, 5.74) is 3.67. The summed E-state index contributed by atoms with van der Waals surface area (Å²) in [7, 11) is 0. The van der Waals surface area contributed by atoms with E-state index in [-0.39, 0.29) is 23.3 Å². The molecule has 1 aliphatic rings. The number of rotatable bonds is 3. The number of halogens is 3. The van der Waals surface area contributed by atoms with Crippen LogP contribution in [0.3, 0.4) is 0 Å². The van der Waals surface area contributed by atoms with Gasteiger partial charge in [-0.1, -0.05) is 13.8 Å². The molecular weight excluding hydrogens is 289 g/mol. The number of nitro groups is 1. The van der Waals surface area contributed by atoms with Crippen molar-refractivity contribution in [1.29, 1.82) is 0 Å². The van der Waals surface area contributed by atoms with E-state index in [0.29, 0.717) is 12.5 Å². The first kappa shape index (κ1) is 15.6. The summed E-state index contributed by atoms with van der Waals surface area (Å²) in [6, 6.07) is 2.14. The minimum atomic E-state index is -4.64. The number of alkyl halides is 3. The Balaban J connectivity index is 2.30. The molecule has 0 aliphatic heterocycles. The highest BCUT2D eigenvalue weighted by molar-refractivity contribution is 5.49. The van der Waals surface area contributed by atoms with E-state index >= 15 is 0 Å². The molecule has 1 aliphatic carbocycles. The second-order valence-corrected chi connectivity index (χ2v) is 5.71. The van der Waals surface area contributed by atoms with Crippen LogP contribution in [0, 0.1) is 15.5 Å². The zero-order chi connectivity index (χ0) is 16.0. The van der Waals surface area contributed by atoms with Crippen LogP contribution in [0.25, 0.3) is 0 Å². The van der Waals surface area contributed by atoms with Crippen molar-refractivity contribution in [3.8, 4) is 5.75 Å². The van der Waals surface area contributed by atoms with Gasteiger partial charge in [-0.2, -0.15) is 13.2 Å². The maximum Gasteiger partial charge on any atom is 0.416 e. The summed E-state index contributed by atoms with van der Waals surface area (Å²) in [6.07, 6.45) is -4.49. The molecule has 0 radical (unpaired) electrons. The Bertz CT molecular complexity index is 572. The third-order valence-electron chi connectivity index (χ3n) is 4.01. The molecule has 1 aromatic rings. The van der Waals surface area contributed by atoms with Crippen molar-refractivity contribution in [2.24, 2.45) is 11.1 Å². The zero-order valence-electron chi connectivity index (χ0n) is 11.5. The Morgan fingerprint density at radius 3 is 2.48 bits per heavy atom. The Labute approximate surface area is 119 Å². The van der Waals surface area contributed by atoms with Crippen LogP contribution >= 0.6 is 0 Å².